The Balaban J connectivity index is 1.81. The summed E-state index contributed by atoms with van der Waals surface area (Å²) in [6.07, 6.45) is 0. The molecule has 3 rings (SSSR count). The number of aromatic nitrogens is 2. The van der Waals surface area contributed by atoms with Gasteiger partial charge in [0.25, 0.3) is 0 Å². The summed E-state index contributed by atoms with van der Waals surface area (Å²) >= 11 is 0. The van der Waals surface area contributed by atoms with Gasteiger partial charge in [0.1, 0.15) is 22.9 Å². The zero-order valence-corrected chi connectivity index (χ0v) is 10.3. The van der Waals surface area contributed by atoms with Gasteiger partial charge in [0.15, 0.2) is 5.82 Å². The van der Waals surface area contributed by atoms with Gasteiger partial charge in [0.05, 0.1) is 12.1 Å². The van der Waals surface area contributed by atoms with Crippen molar-refractivity contribution in [1.29, 1.82) is 0 Å². The van der Waals surface area contributed by atoms with Gasteiger partial charge in [-0.3, -0.25) is 0 Å². The van der Waals surface area contributed by atoms with Crippen LogP contribution in [-0.2, 0) is 6.54 Å². The number of benzene rings is 2. The fourth-order valence-electron chi connectivity index (χ4n) is 1.94. The van der Waals surface area contributed by atoms with Gasteiger partial charge in [0, 0.05) is 11.8 Å². The number of hydrogen-bond donors (Lipinski definition) is 3. The molecule has 20 heavy (non-hydrogen) atoms. The van der Waals surface area contributed by atoms with Crippen molar-refractivity contribution in [3.63, 3.8) is 0 Å². The molecule has 0 saturated heterocycles. The molecule has 0 atom stereocenters. The Morgan fingerprint density at radius 1 is 1.15 bits per heavy atom. The van der Waals surface area contributed by atoms with E-state index in [1.165, 1.54) is 6.07 Å². The average molecular weight is 275 g/mol. The lowest BCUT2D eigenvalue weighted by atomic mass is 10.3. The molecule has 6 heteroatoms. The Kier molecular flexibility index (Phi) is 2.98. The first kappa shape index (κ1) is 12.4. The highest BCUT2D eigenvalue weighted by molar-refractivity contribution is 5.75. The first-order chi connectivity index (χ1) is 9.61. The molecule has 102 valence electrons. The summed E-state index contributed by atoms with van der Waals surface area (Å²) in [6, 6.07) is 8.53. The number of rotatable bonds is 3. The number of H-pyrrole nitrogens is 1. The van der Waals surface area contributed by atoms with Crippen LogP contribution in [0.4, 0.5) is 14.5 Å². The van der Waals surface area contributed by atoms with Crippen LogP contribution in [0.1, 0.15) is 5.82 Å². The maximum absolute atomic E-state index is 13.5. The highest BCUT2D eigenvalue weighted by Crippen LogP contribution is 2.18. The summed E-state index contributed by atoms with van der Waals surface area (Å²) in [6.45, 7) is 0.334. The summed E-state index contributed by atoms with van der Waals surface area (Å²) < 4.78 is 26.6. The van der Waals surface area contributed by atoms with Gasteiger partial charge in [-0.1, -0.05) is 0 Å². The highest BCUT2D eigenvalue weighted by atomic mass is 19.1. The summed E-state index contributed by atoms with van der Waals surface area (Å²) in [4.78, 5) is 6.93. The van der Waals surface area contributed by atoms with Crippen LogP contribution in [0.2, 0.25) is 0 Å². The van der Waals surface area contributed by atoms with E-state index in [2.05, 4.69) is 15.3 Å². The number of nitrogens with zero attached hydrogens (tertiary/aromatic N) is 1. The van der Waals surface area contributed by atoms with Crippen molar-refractivity contribution >= 4 is 16.7 Å². The Morgan fingerprint density at radius 3 is 2.65 bits per heavy atom. The lowest BCUT2D eigenvalue weighted by Crippen LogP contribution is -2.00. The third-order valence-electron chi connectivity index (χ3n) is 2.88. The number of phenols is 1. The van der Waals surface area contributed by atoms with Crippen molar-refractivity contribution in [2.45, 2.75) is 6.54 Å². The largest absolute Gasteiger partial charge is 0.508 e. The van der Waals surface area contributed by atoms with Crippen LogP contribution in [0.15, 0.2) is 36.4 Å². The van der Waals surface area contributed by atoms with E-state index in [0.717, 1.165) is 11.8 Å². The quantitative estimate of drug-likeness (QED) is 0.643. The van der Waals surface area contributed by atoms with Gasteiger partial charge >= 0.3 is 0 Å². The van der Waals surface area contributed by atoms with E-state index >= 15 is 0 Å². The second-order valence-corrected chi connectivity index (χ2v) is 4.37. The highest BCUT2D eigenvalue weighted by Gasteiger charge is 2.09. The molecule has 3 N–H and O–H groups in total. The zero-order chi connectivity index (χ0) is 14.1. The second kappa shape index (κ2) is 4.80. The molecule has 0 saturated carbocycles. The normalized spacial score (nSPS) is 10.9. The number of aromatic amines is 1. The molecule has 0 unspecified atom stereocenters. The van der Waals surface area contributed by atoms with Crippen LogP contribution in [0, 0.1) is 11.6 Å². The number of aromatic hydroxyl groups is 1. The maximum Gasteiger partial charge on any atom is 0.153 e. The molecular weight excluding hydrogens is 264 g/mol. The zero-order valence-electron chi connectivity index (χ0n) is 10.3. The number of anilines is 1. The van der Waals surface area contributed by atoms with Crippen molar-refractivity contribution in [3.05, 3.63) is 53.9 Å². The lowest BCUT2D eigenvalue weighted by Gasteiger charge is -2.03. The number of fused-ring (bicyclic) bond motifs is 1. The molecule has 0 bridgehead atoms. The minimum atomic E-state index is -0.688. The van der Waals surface area contributed by atoms with Gasteiger partial charge < -0.3 is 15.4 Å². The van der Waals surface area contributed by atoms with Crippen LogP contribution in [0.25, 0.3) is 11.0 Å². The van der Waals surface area contributed by atoms with Crippen molar-refractivity contribution in [3.8, 4) is 5.75 Å². The van der Waals surface area contributed by atoms with Crippen LogP contribution in [0.3, 0.4) is 0 Å². The minimum Gasteiger partial charge on any atom is -0.508 e. The monoisotopic (exact) mass is 275 g/mol. The number of halogens is 2. The number of imidazole rings is 1. The standard InChI is InChI=1S/C14H11F2N3O/c15-8-5-11(16)14-12(6-8)18-13(19-14)7-17-9-1-3-10(20)4-2-9/h1-6,17,20H,7H2,(H,18,19). The molecule has 0 fully saturated rings. The third kappa shape index (κ3) is 2.40. The summed E-state index contributed by atoms with van der Waals surface area (Å²) in [7, 11) is 0. The van der Waals surface area contributed by atoms with Gasteiger partial charge in [-0.05, 0) is 30.3 Å². The number of nitrogens with one attached hydrogen (secondary N) is 2. The maximum atomic E-state index is 13.5. The topological polar surface area (TPSA) is 60.9 Å². The molecule has 3 aromatic rings. The predicted molar refractivity (Wildman–Crippen MR) is 71.4 cm³/mol. The molecule has 0 spiro atoms. The summed E-state index contributed by atoms with van der Waals surface area (Å²) in [5.74, 6) is -0.654. The Morgan fingerprint density at radius 2 is 1.90 bits per heavy atom. The molecule has 1 aromatic heterocycles. The summed E-state index contributed by atoms with van der Waals surface area (Å²) in [5.41, 5.74) is 1.23. The van der Waals surface area contributed by atoms with E-state index in [1.807, 2.05) is 0 Å². The van der Waals surface area contributed by atoms with Crippen molar-refractivity contribution in [1.82, 2.24) is 9.97 Å². The lowest BCUT2D eigenvalue weighted by molar-refractivity contribution is 0.475. The molecule has 0 radical (unpaired) electrons. The third-order valence-corrected chi connectivity index (χ3v) is 2.88. The van der Waals surface area contributed by atoms with Gasteiger partial charge in [-0.2, -0.15) is 0 Å². The molecule has 1 heterocycles. The summed E-state index contributed by atoms with van der Waals surface area (Å²) in [5, 5.41) is 12.2. The fraction of sp³-hybridized carbons (Fsp3) is 0.0714. The van der Waals surface area contributed by atoms with E-state index < -0.39 is 11.6 Å². The predicted octanol–water partition coefficient (Wildman–Crippen LogP) is 3.16. The van der Waals surface area contributed by atoms with Gasteiger partial charge in [-0.15, -0.1) is 0 Å². The first-order valence-corrected chi connectivity index (χ1v) is 5.98. The number of phenolic OH excluding ortho intramolecular Hbond substituents is 1. The first-order valence-electron chi connectivity index (χ1n) is 5.98. The second-order valence-electron chi connectivity index (χ2n) is 4.37. The minimum absolute atomic E-state index is 0.119. The van der Waals surface area contributed by atoms with Crippen LogP contribution in [0.5, 0.6) is 5.75 Å². The Hall–Kier alpha value is -2.63. The van der Waals surface area contributed by atoms with Crippen molar-refractivity contribution < 1.29 is 13.9 Å². The van der Waals surface area contributed by atoms with E-state index in [0.29, 0.717) is 17.9 Å². The van der Waals surface area contributed by atoms with E-state index in [-0.39, 0.29) is 11.3 Å². The Bertz CT molecular complexity index is 753. The van der Waals surface area contributed by atoms with Gasteiger partial charge in [-0.25, -0.2) is 13.8 Å². The van der Waals surface area contributed by atoms with Crippen LogP contribution >= 0.6 is 0 Å². The molecular formula is C14H11F2N3O. The average Bonchev–Trinajstić information content (AvgIpc) is 2.81. The molecule has 4 nitrogen and oxygen atoms in total. The molecule has 0 aliphatic carbocycles. The van der Waals surface area contributed by atoms with Crippen molar-refractivity contribution in [2.75, 3.05) is 5.32 Å². The molecule has 0 aliphatic rings. The van der Waals surface area contributed by atoms with Crippen LogP contribution < -0.4 is 5.32 Å². The molecule has 0 amide bonds. The van der Waals surface area contributed by atoms with Crippen LogP contribution in [-0.4, -0.2) is 15.1 Å². The van der Waals surface area contributed by atoms with E-state index in [4.69, 9.17) is 0 Å². The fourth-order valence-corrected chi connectivity index (χ4v) is 1.94. The van der Waals surface area contributed by atoms with Gasteiger partial charge in [0.2, 0.25) is 0 Å². The SMILES string of the molecule is Oc1ccc(NCc2nc3c(F)cc(F)cc3[nH]2)cc1. The van der Waals surface area contributed by atoms with E-state index in [9.17, 15) is 13.9 Å². The van der Waals surface area contributed by atoms with Crippen molar-refractivity contribution in [2.24, 2.45) is 0 Å². The molecule has 2 aromatic carbocycles. The number of hydrogen-bond acceptors (Lipinski definition) is 3. The Labute approximate surface area is 113 Å². The smallest absolute Gasteiger partial charge is 0.153 e. The van der Waals surface area contributed by atoms with E-state index in [1.54, 1.807) is 24.3 Å². The molecule has 0 aliphatic heterocycles.